The van der Waals surface area contributed by atoms with E-state index in [2.05, 4.69) is 20.9 Å². The van der Waals surface area contributed by atoms with E-state index in [1.807, 2.05) is 24.3 Å². The Morgan fingerprint density at radius 1 is 0.786 bits per heavy atom. The zero-order valence-electron chi connectivity index (χ0n) is 23.5. The van der Waals surface area contributed by atoms with Crippen LogP contribution in [0.2, 0.25) is 0 Å². The SMILES string of the molecule is CC(C)CC(NC(=O)C(CC(=O)O)NC(=O)C(Cc1ccccc1)NC(=O)C(N)Cc1c[nH]c2ccccc12)C(=O)O. The van der Waals surface area contributed by atoms with Crippen molar-refractivity contribution in [2.24, 2.45) is 11.7 Å². The average Bonchev–Trinajstić information content (AvgIpc) is 3.34. The summed E-state index contributed by atoms with van der Waals surface area (Å²) in [6.07, 6.45) is 1.30. The summed E-state index contributed by atoms with van der Waals surface area (Å²) in [6, 6.07) is 11.3. The molecule has 1 aromatic heterocycles. The van der Waals surface area contributed by atoms with Gasteiger partial charge >= 0.3 is 11.9 Å². The summed E-state index contributed by atoms with van der Waals surface area (Å²) in [7, 11) is 0. The van der Waals surface area contributed by atoms with E-state index in [4.69, 9.17) is 5.73 Å². The van der Waals surface area contributed by atoms with Crippen molar-refractivity contribution in [2.75, 3.05) is 0 Å². The van der Waals surface area contributed by atoms with Gasteiger partial charge in [0.15, 0.2) is 0 Å². The first kappa shape index (κ1) is 31.8. The van der Waals surface area contributed by atoms with Crippen LogP contribution in [0.15, 0.2) is 60.8 Å². The number of para-hydroxylation sites is 1. The summed E-state index contributed by atoms with van der Waals surface area (Å²) in [5.41, 5.74) is 8.64. The number of nitrogens with two attached hydrogens (primary N) is 1. The summed E-state index contributed by atoms with van der Waals surface area (Å²) in [5, 5.41) is 27.2. The van der Waals surface area contributed by atoms with Crippen LogP contribution in [-0.2, 0) is 36.8 Å². The third kappa shape index (κ3) is 9.16. The Bertz CT molecular complexity index is 1410. The molecule has 0 spiro atoms. The predicted octanol–water partition coefficient (Wildman–Crippen LogP) is 1.34. The van der Waals surface area contributed by atoms with Crippen molar-refractivity contribution in [3.63, 3.8) is 0 Å². The number of hydrogen-bond donors (Lipinski definition) is 7. The Morgan fingerprint density at radius 3 is 2.02 bits per heavy atom. The van der Waals surface area contributed by atoms with Gasteiger partial charge in [-0.25, -0.2) is 4.79 Å². The van der Waals surface area contributed by atoms with Crippen molar-refractivity contribution in [1.82, 2.24) is 20.9 Å². The van der Waals surface area contributed by atoms with Crippen LogP contribution in [0.1, 0.15) is 37.8 Å². The molecule has 0 saturated carbocycles. The number of benzene rings is 2. The normalized spacial score (nSPS) is 14.0. The molecule has 0 aliphatic heterocycles. The van der Waals surface area contributed by atoms with Gasteiger partial charge in [-0.2, -0.15) is 0 Å². The number of hydrogen-bond acceptors (Lipinski definition) is 6. The number of aromatic nitrogens is 1. The molecule has 0 saturated heterocycles. The molecule has 4 unspecified atom stereocenters. The maximum absolute atomic E-state index is 13.4. The van der Waals surface area contributed by atoms with Gasteiger partial charge in [-0.15, -0.1) is 0 Å². The van der Waals surface area contributed by atoms with Crippen molar-refractivity contribution in [3.05, 3.63) is 71.9 Å². The lowest BCUT2D eigenvalue weighted by Crippen LogP contribution is -2.58. The first-order chi connectivity index (χ1) is 19.9. The van der Waals surface area contributed by atoms with Gasteiger partial charge in [0.25, 0.3) is 0 Å². The van der Waals surface area contributed by atoms with Gasteiger partial charge in [0.2, 0.25) is 17.7 Å². The van der Waals surface area contributed by atoms with E-state index >= 15 is 0 Å². The van der Waals surface area contributed by atoms with E-state index in [0.29, 0.717) is 5.56 Å². The molecule has 0 bridgehead atoms. The third-order valence-corrected chi connectivity index (χ3v) is 6.70. The van der Waals surface area contributed by atoms with E-state index in [-0.39, 0.29) is 25.2 Å². The molecular weight excluding hydrogens is 542 g/mol. The second-order valence-corrected chi connectivity index (χ2v) is 10.6. The fraction of sp³-hybridized carbons (Fsp3) is 0.367. The van der Waals surface area contributed by atoms with Gasteiger partial charge in [0, 0.05) is 23.5 Å². The van der Waals surface area contributed by atoms with Gasteiger partial charge in [-0.1, -0.05) is 62.4 Å². The third-order valence-electron chi connectivity index (χ3n) is 6.70. The molecule has 8 N–H and O–H groups in total. The second kappa shape index (κ2) is 14.8. The molecule has 3 rings (SSSR count). The van der Waals surface area contributed by atoms with Crippen molar-refractivity contribution in [2.45, 2.75) is 63.7 Å². The van der Waals surface area contributed by atoms with Crippen molar-refractivity contribution >= 4 is 40.6 Å². The molecule has 2 aromatic carbocycles. The molecule has 12 nitrogen and oxygen atoms in total. The second-order valence-electron chi connectivity index (χ2n) is 10.6. The van der Waals surface area contributed by atoms with Gasteiger partial charge in [-0.3, -0.25) is 19.2 Å². The molecule has 1 heterocycles. The van der Waals surface area contributed by atoms with Gasteiger partial charge < -0.3 is 36.9 Å². The van der Waals surface area contributed by atoms with Crippen molar-refractivity contribution < 1.29 is 34.2 Å². The fourth-order valence-corrected chi connectivity index (χ4v) is 4.59. The van der Waals surface area contributed by atoms with Crippen LogP contribution in [0, 0.1) is 5.92 Å². The van der Waals surface area contributed by atoms with Crippen molar-refractivity contribution in [1.29, 1.82) is 0 Å². The first-order valence-electron chi connectivity index (χ1n) is 13.6. The largest absolute Gasteiger partial charge is 0.481 e. The maximum Gasteiger partial charge on any atom is 0.326 e. The Labute approximate surface area is 243 Å². The Morgan fingerprint density at radius 2 is 1.38 bits per heavy atom. The van der Waals surface area contributed by atoms with Gasteiger partial charge in [-0.05, 0) is 36.0 Å². The minimum atomic E-state index is -1.58. The van der Waals surface area contributed by atoms with Crippen LogP contribution in [0.4, 0.5) is 0 Å². The summed E-state index contributed by atoms with van der Waals surface area (Å²) in [6.45, 7) is 3.55. The lowest BCUT2D eigenvalue weighted by Gasteiger charge is -2.25. The fourth-order valence-electron chi connectivity index (χ4n) is 4.59. The minimum Gasteiger partial charge on any atom is -0.481 e. The number of nitrogens with one attached hydrogen (secondary N) is 4. The van der Waals surface area contributed by atoms with E-state index in [1.54, 1.807) is 50.4 Å². The quantitative estimate of drug-likeness (QED) is 0.140. The highest BCUT2D eigenvalue weighted by atomic mass is 16.4. The number of amides is 3. The Kier molecular flexibility index (Phi) is 11.2. The number of rotatable bonds is 15. The molecule has 0 radical (unpaired) electrons. The number of H-pyrrole nitrogens is 1. The monoisotopic (exact) mass is 579 g/mol. The molecule has 3 amide bonds. The average molecular weight is 580 g/mol. The zero-order valence-corrected chi connectivity index (χ0v) is 23.5. The van der Waals surface area contributed by atoms with Gasteiger partial charge in [0.05, 0.1) is 12.5 Å². The summed E-state index contributed by atoms with van der Waals surface area (Å²) in [5.74, 6) is -5.12. The van der Waals surface area contributed by atoms with Crippen LogP contribution in [0.25, 0.3) is 10.9 Å². The lowest BCUT2D eigenvalue weighted by atomic mass is 10.0. The summed E-state index contributed by atoms with van der Waals surface area (Å²) in [4.78, 5) is 65.8. The number of carboxylic acids is 2. The highest BCUT2D eigenvalue weighted by Gasteiger charge is 2.32. The molecule has 0 aliphatic rings. The molecule has 3 aromatic rings. The molecule has 0 aliphatic carbocycles. The minimum absolute atomic E-state index is 0.0325. The van der Waals surface area contributed by atoms with Crippen LogP contribution in [0.5, 0.6) is 0 Å². The Balaban J connectivity index is 1.77. The van der Waals surface area contributed by atoms with Crippen LogP contribution < -0.4 is 21.7 Å². The first-order valence-corrected chi connectivity index (χ1v) is 13.6. The number of aromatic amines is 1. The number of carbonyl (C=O) groups is 5. The van der Waals surface area contributed by atoms with E-state index in [1.165, 1.54) is 0 Å². The molecule has 12 heteroatoms. The van der Waals surface area contributed by atoms with E-state index in [9.17, 15) is 34.2 Å². The summed E-state index contributed by atoms with van der Waals surface area (Å²) < 4.78 is 0. The topological polar surface area (TPSA) is 204 Å². The zero-order chi connectivity index (χ0) is 30.8. The number of carbonyl (C=O) groups excluding carboxylic acids is 3. The van der Waals surface area contributed by atoms with Crippen molar-refractivity contribution in [3.8, 4) is 0 Å². The predicted molar refractivity (Wildman–Crippen MR) is 155 cm³/mol. The molecule has 0 fully saturated rings. The molecule has 42 heavy (non-hydrogen) atoms. The molecule has 4 atom stereocenters. The standard InChI is InChI=1S/C30H37N5O7/c1-17(2)12-25(30(41)42)35-29(40)24(15-26(36)37)34-28(39)23(13-18-8-4-3-5-9-18)33-27(38)21(31)14-19-16-32-22-11-7-6-10-20(19)22/h3-11,16-17,21,23-25,32H,12-15,31H2,1-2H3,(H,33,38)(H,34,39)(H,35,40)(H,36,37)(H,41,42). The number of carboxylic acid groups (broad SMARTS) is 2. The van der Waals surface area contributed by atoms with Crippen LogP contribution in [0.3, 0.4) is 0 Å². The highest BCUT2D eigenvalue weighted by molar-refractivity contribution is 5.96. The lowest BCUT2D eigenvalue weighted by molar-refractivity contribution is -0.144. The van der Waals surface area contributed by atoms with Crippen LogP contribution >= 0.6 is 0 Å². The van der Waals surface area contributed by atoms with Gasteiger partial charge in [0.1, 0.15) is 18.1 Å². The van der Waals surface area contributed by atoms with E-state index in [0.717, 1.165) is 16.5 Å². The number of aliphatic carboxylic acids is 2. The highest BCUT2D eigenvalue weighted by Crippen LogP contribution is 2.19. The number of fused-ring (bicyclic) bond motifs is 1. The smallest absolute Gasteiger partial charge is 0.326 e. The van der Waals surface area contributed by atoms with E-state index < -0.39 is 60.2 Å². The Hall–Kier alpha value is -4.71. The summed E-state index contributed by atoms with van der Waals surface area (Å²) >= 11 is 0. The molecule has 224 valence electrons. The molecular formula is C30H37N5O7. The maximum atomic E-state index is 13.4. The van der Waals surface area contributed by atoms with Crippen LogP contribution in [-0.4, -0.2) is 69.0 Å².